The van der Waals surface area contributed by atoms with Crippen LogP contribution in [0.25, 0.3) is 0 Å². The van der Waals surface area contributed by atoms with E-state index in [0.717, 1.165) is 5.56 Å². The van der Waals surface area contributed by atoms with Gasteiger partial charge in [0, 0.05) is 7.05 Å². The third kappa shape index (κ3) is 3.59. The van der Waals surface area contributed by atoms with Gasteiger partial charge in [-0.1, -0.05) is 38.1 Å². The molecule has 2 N–H and O–H groups in total. The van der Waals surface area contributed by atoms with Crippen LogP contribution in [0.2, 0.25) is 0 Å². The number of rotatable bonds is 5. The van der Waals surface area contributed by atoms with Crippen molar-refractivity contribution in [2.24, 2.45) is 7.05 Å². The second kappa shape index (κ2) is 6.64. The van der Waals surface area contributed by atoms with Crippen molar-refractivity contribution in [2.45, 2.75) is 32.7 Å². The van der Waals surface area contributed by atoms with Gasteiger partial charge in [-0.05, 0) is 24.0 Å². The zero-order valence-electron chi connectivity index (χ0n) is 13.7. The van der Waals surface area contributed by atoms with Crippen LogP contribution in [0, 0.1) is 0 Å². The summed E-state index contributed by atoms with van der Waals surface area (Å²) in [6.07, 6.45) is 1.27. The number of carboxylic acid groups (broad SMARTS) is 1. The van der Waals surface area contributed by atoms with E-state index in [1.807, 2.05) is 31.2 Å². The summed E-state index contributed by atoms with van der Waals surface area (Å²) in [6, 6.07) is 7.79. The van der Waals surface area contributed by atoms with E-state index >= 15 is 0 Å². The SMILES string of the molecule is CC(C)c1ccc(C(C)NC(=O)c2cnn(C)c2C(=O)O)cc1. The van der Waals surface area contributed by atoms with Crippen LogP contribution in [-0.2, 0) is 7.05 Å². The fraction of sp³-hybridized carbons (Fsp3) is 0.353. The smallest absolute Gasteiger partial charge is 0.354 e. The number of carboxylic acids is 1. The van der Waals surface area contributed by atoms with Crippen molar-refractivity contribution in [3.8, 4) is 0 Å². The molecule has 23 heavy (non-hydrogen) atoms. The van der Waals surface area contributed by atoms with E-state index < -0.39 is 11.9 Å². The molecular weight excluding hydrogens is 294 g/mol. The maximum absolute atomic E-state index is 12.3. The minimum atomic E-state index is -1.18. The van der Waals surface area contributed by atoms with E-state index in [1.54, 1.807) is 0 Å². The van der Waals surface area contributed by atoms with E-state index in [4.69, 9.17) is 0 Å². The van der Waals surface area contributed by atoms with E-state index in [-0.39, 0.29) is 17.3 Å². The Morgan fingerprint density at radius 3 is 2.22 bits per heavy atom. The Balaban J connectivity index is 2.15. The lowest BCUT2D eigenvalue weighted by molar-refractivity contribution is 0.0678. The summed E-state index contributed by atoms with van der Waals surface area (Å²) < 4.78 is 1.18. The van der Waals surface area contributed by atoms with Gasteiger partial charge in [-0.2, -0.15) is 5.10 Å². The Morgan fingerprint density at radius 1 is 1.13 bits per heavy atom. The summed E-state index contributed by atoms with van der Waals surface area (Å²) in [7, 11) is 1.49. The number of aryl methyl sites for hydroxylation is 1. The summed E-state index contributed by atoms with van der Waals surface area (Å²) in [6.45, 7) is 6.10. The highest BCUT2D eigenvalue weighted by atomic mass is 16.4. The Morgan fingerprint density at radius 2 is 1.70 bits per heavy atom. The van der Waals surface area contributed by atoms with Crippen LogP contribution in [0.5, 0.6) is 0 Å². The molecule has 1 atom stereocenters. The van der Waals surface area contributed by atoms with Gasteiger partial charge < -0.3 is 10.4 Å². The van der Waals surface area contributed by atoms with Crippen LogP contribution in [0.15, 0.2) is 30.5 Å². The van der Waals surface area contributed by atoms with Crippen LogP contribution >= 0.6 is 0 Å². The Labute approximate surface area is 135 Å². The number of nitrogens with zero attached hydrogens (tertiary/aromatic N) is 2. The number of carbonyl (C=O) groups excluding carboxylic acids is 1. The molecule has 0 fully saturated rings. The Kier molecular flexibility index (Phi) is 4.83. The van der Waals surface area contributed by atoms with Gasteiger partial charge in [-0.15, -0.1) is 0 Å². The lowest BCUT2D eigenvalue weighted by atomic mass is 9.99. The topological polar surface area (TPSA) is 84.2 Å². The normalized spacial score (nSPS) is 12.2. The maximum Gasteiger partial charge on any atom is 0.354 e. The van der Waals surface area contributed by atoms with Gasteiger partial charge in [0.15, 0.2) is 5.69 Å². The van der Waals surface area contributed by atoms with Gasteiger partial charge in [0.2, 0.25) is 0 Å². The molecule has 0 radical (unpaired) electrons. The summed E-state index contributed by atoms with van der Waals surface area (Å²) >= 11 is 0. The molecule has 122 valence electrons. The highest BCUT2D eigenvalue weighted by molar-refractivity contribution is 6.03. The van der Waals surface area contributed by atoms with Gasteiger partial charge in [-0.3, -0.25) is 9.48 Å². The van der Waals surface area contributed by atoms with Crippen molar-refractivity contribution < 1.29 is 14.7 Å². The molecule has 0 aliphatic rings. The van der Waals surface area contributed by atoms with Crippen molar-refractivity contribution in [3.05, 3.63) is 52.8 Å². The number of benzene rings is 1. The first-order valence-electron chi connectivity index (χ1n) is 7.47. The predicted octanol–water partition coefficient (Wildman–Crippen LogP) is 2.73. The molecule has 1 amide bonds. The van der Waals surface area contributed by atoms with Gasteiger partial charge in [0.25, 0.3) is 5.91 Å². The Bertz CT molecular complexity index is 717. The fourth-order valence-corrected chi connectivity index (χ4v) is 2.38. The van der Waals surface area contributed by atoms with Crippen molar-refractivity contribution in [3.63, 3.8) is 0 Å². The maximum atomic E-state index is 12.3. The minimum Gasteiger partial charge on any atom is -0.477 e. The van der Waals surface area contributed by atoms with E-state index in [0.29, 0.717) is 5.92 Å². The predicted molar refractivity (Wildman–Crippen MR) is 86.6 cm³/mol. The second-order valence-corrected chi connectivity index (χ2v) is 5.85. The molecule has 1 aromatic heterocycles. The highest BCUT2D eigenvalue weighted by Crippen LogP contribution is 2.19. The van der Waals surface area contributed by atoms with Gasteiger partial charge in [0.1, 0.15) is 0 Å². The summed E-state index contributed by atoms with van der Waals surface area (Å²) in [4.78, 5) is 23.5. The van der Waals surface area contributed by atoms with Crippen LogP contribution in [0.4, 0.5) is 0 Å². The highest BCUT2D eigenvalue weighted by Gasteiger charge is 2.22. The van der Waals surface area contributed by atoms with E-state index in [2.05, 4.69) is 24.3 Å². The Hall–Kier alpha value is -2.63. The van der Waals surface area contributed by atoms with Crippen molar-refractivity contribution in [1.29, 1.82) is 0 Å². The molecule has 0 aliphatic carbocycles. The van der Waals surface area contributed by atoms with Gasteiger partial charge in [0.05, 0.1) is 17.8 Å². The molecule has 6 nitrogen and oxygen atoms in total. The lowest BCUT2D eigenvalue weighted by Crippen LogP contribution is -2.28. The van der Waals surface area contributed by atoms with Crippen molar-refractivity contribution in [1.82, 2.24) is 15.1 Å². The van der Waals surface area contributed by atoms with Crippen LogP contribution in [0.1, 0.15) is 64.7 Å². The number of amides is 1. The average Bonchev–Trinajstić information content (AvgIpc) is 2.89. The molecule has 1 aromatic carbocycles. The number of aromatic carboxylic acids is 1. The molecule has 0 saturated heterocycles. The number of nitrogens with one attached hydrogen (secondary N) is 1. The van der Waals surface area contributed by atoms with Crippen LogP contribution in [-0.4, -0.2) is 26.8 Å². The number of hydrogen-bond donors (Lipinski definition) is 2. The van der Waals surface area contributed by atoms with Crippen molar-refractivity contribution >= 4 is 11.9 Å². The van der Waals surface area contributed by atoms with Crippen LogP contribution < -0.4 is 5.32 Å². The zero-order valence-corrected chi connectivity index (χ0v) is 13.7. The fourth-order valence-electron chi connectivity index (χ4n) is 2.38. The molecule has 2 rings (SSSR count). The average molecular weight is 315 g/mol. The number of hydrogen-bond acceptors (Lipinski definition) is 3. The first-order valence-corrected chi connectivity index (χ1v) is 7.47. The monoisotopic (exact) mass is 315 g/mol. The third-order valence-corrected chi connectivity index (χ3v) is 3.84. The molecule has 0 spiro atoms. The van der Waals surface area contributed by atoms with Gasteiger partial charge >= 0.3 is 5.97 Å². The molecule has 0 aliphatic heterocycles. The summed E-state index contributed by atoms with van der Waals surface area (Å²) in [5.74, 6) is -1.18. The standard InChI is InChI=1S/C17H21N3O3/c1-10(2)12-5-7-13(8-6-12)11(3)19-16(21)14-9-18-20(4)15(14)17(22)23/h5-11H,1-4H3,(H,19,21)(H,22,23). The number of aromatic nitrogens is 2. The molecule has 6 heteroatoms. The van der Waals surface area contributed by atoms with Crippen LogP contribution in [0.3, 0.4) is 0 Å². The molecule has 2 aromatic rings. The summed E-state index contributed by atoms with van der Waals surface area (Å²) in [5, 5.41) is 15.8. The zero-order chi connectivity index (χ0) is 17.1. The van der Waals surface area contributed by atoms with Crippen molar-refractivity contribution in [2.75, 3.05) is 0 Å². The quantitative estimate of drug-likeness (QED) is 0.888. The van der Waals surface area contributed by atoms with E-state index in [9.17, 15) is 14.7 Å². The largest absolute Gasteiger partial charge is 0.477 e. The third-order valence-electron chi connectivity index (χ3n) is 3.84. The van der Waals surface area contributed by atoms with Gasteiger partial charge in [-0.25, -0.2) is 4.79 Å². The molecule has 1 heterocycles. The minimum absolute atomic E-state index is 0.0608. The molecular formula is C17H21N3O3. The molecule has 0 bridgehead atoms. The lowest BCUT2D eigenvalue weighted by Gasteiger charge is -2.15. The molecule has 1 unspecified atom stereocenters. The first kappa shape index (κ1) is 16.7. The van der Waals surface area contributed by atoms with E-state index in [1.165, 1.54) is 23.5 Å². The second-order valence-electron chi connectivity index (χ2n) is 5.85. The first-order chi connectivity index (χ1) is 10.8. The summed E-state index contributed by atoms with van der Waals surface area (Å²) in [5.41, 5.74) is 2.13. The molecule has 0 saturated carbocycles. The number of carbonyl (C=O) groups is 2.